The van der Waals surface area contributed by atoms with Gasteiger partial charge in [0.15, 0.2) is 6.29 Å². The van der Waals surface area contributed by atoms with Crippen LogP contribution < -0.4 is 4.72 Å². The summed E-state index contributed by atoms with van der Waals surface area (Å²) < 4.78 is 93.7. The van der Waals surface area contributed by atoms with E-state index in [1.54, 1.807) is 0 Å². The van der Waals surface area contributed by atoms with Gasteiger partial charge >= 0.3 is 20.8 Å². The van der Waals surface area contributed by atoms with Crippen LogP contribution in [0, 0.1) is 0 Å². The molecule has 0 amide bonds. The quantitative estimate of drug-likeness (QED) is 0.222. The highest BCUT2D eigenvalue weighted by molar-refractivity contribution is 7.81. The molecule has 0 aromatic carbocycles. The minimum atomic E-state index is -4.98. The number of aliphatic hydroxyl groups excluding tert-OH is 1. The van der Waals surface area contributed by atoms with E-state index in [0.717, 1.165) is 0 Å². The van der Waals surface area contributed by atoms with Crippen LogP contribution in [0.15, 0.2) is 0 Å². The highest BCUT2D eigenvalue weighted by atomic mass is 32.3. The van der Waals surface area contributed by atoms with Crippen molar-refractivity contribution in [1.29, 1.82) is 0 Å². The number of aliphatic hydroxyl groups is 1. The van der Waals surface area contributed by atoms with Gasteiger partial charge < -0.3 is 9.84 Å². The molecule has 0 aromatic heterocycles. The van der Waals surface area contributed by atoms with Crippen molar-refractivity contribution in [3.05, 3.63) is 0 Å². The minimum absolute atomic E-state index is 0.457. The molecule has 22 heavy (non-hydrogen) atoms. The smallest absolute Gasteiger partial charge is 0.366 e. The molecule has 0 aliphatic carbocycles. The molecule has 1 rings (SSSR count). The van der Waals surface area contributed by atoms with Crippen LogP contribution >= 0.6 is 0 Å². The lowest BCUT2D eigenvalue weighted by Crippen LogP contribution is -2.57. The summed E-state index contributed by atoms with van der Waals surface area (Å²) in [5.74, 6) is 0. The van der Waals surface area contributed by atoms with Crippen molar-refractivity contribution in [2.24, 2.45) is 0 Å². The molecule has 1 saturated heterocycles. The van der Waals surface area contributed by atoms with Gasteiger partial charge in [-0.25, -0.2) is 17.3 Å². The Kier molecular flexibility index (Phi) is 6.77. The average molecular weight is 387 g/mol. The van der Waals surface area contributed by atoms with E-state index in [1.807, 2.05) is 4.72 Å². The van der Waals surface area contributed by atoms with Gasteiger partial charge in [0.05, 0.1) is 12.7 Å². The Morgan fingerprint density at radius 1 is 1.23 bits per heavy atom. The van der Waals surface area contributed by atoms with Crippen LogP contribution in [0.25, 0.3) is 0 Å². The van der Waals surface area contributed by atoms with E-state index in [4.69, 9.17) is 18.4 Å². The Morgan fingerprint density at radius 3 is 2.27 bits per heavy atom. The average Bonchev–Trinajstić information content (AvgIpc) is 2.27. The van der Waals surface area contributed by atoms with Crippen molar-refractivity contribution in [2.45, 2.75) is 31.0 Å². The maximum absolute atomic E-state index is 10.7. The second-order valence-electron chi connectivity index (χ2n) is 4.05. The molecule has 1 heterocycles. The van der Waals surface area contributed by atoms with Crippen molar-refractivity contribution in [1.82, 2.24) is 4.72 Å². The molecule has 1 aliphatic heterocycles. The van der Waals surface area contributed by atoms with Gasteiger partial charge in [-0.05, 0) is 0 Å². The number of rotatable bonds is 7. The molecule has 5 N–H and O–H groups in total. The second kappa shape index (κ2) is 7.53. The molecule has 5 atom stereocenters. The number of nitrogens with one attached hydrogen (secondary N) is 1. The van der Waals surface area contributed by atoms with Gasteiger partial charge in [0, 0.05) is 6.42 Å². The molecule has 4 unspecified atom stereocenters. The monoisotopic (exact) mass is 387 g/mol. The molecule has 132 valence electrons. The van der Waals surface area contributed by atoms with Gasteiger partial charge in [0.25, 0.3) is 0 Å². The van der Waals surface area contributed by atoms with Crippen LogP contribution in [0.2, 0.25) is 0 Å². The summed E-state index contributed by atoms with van der Waals surface area (Å²) in [7, 11) is -9.78. The third-order valence-electron chi connectivity index (χ3n) is 2.42. The molecule has 0 spiro atoms. The lowest BCUT2D eigenvalue weighted by molar-refractivity contribution is -0.205. The Labute approximate surface area is 127 Å². The van der Waals surface area contributed by atoms with Gasteiger partial charge in [-0.3, -0.25) is 13.7 Å². The largest absolute Gasteiger partial charge is 0.397 e. The maximum Gasteiger partial charge on any atom is 0.397 e. The minimum Gasteiger partial charge on any atom is -0.366 e. The maximum atomic E-state index is 10.7. The van der Waals surface area contributed by atoms with E-state index >= 15 is 0 Å². The van der Waals surface area contributed by atoms with E-state index in [-0.39, 0.29) is 0 Å². The summed E-state index contributed by atoms with van der Waals surface area (Å²) in [6.45, 7) is -0.795. The normalized spacial score (nSPS) is 31.8. The molecule has 0 aromatic rings. The van der Waals surface area contributed by atoms with E-state index < -0.39 is 69.6 Å². The summed E-state index contributed by atoms with van der Waals surface area (Å²) >= 11 is -2.68. The molecular formula is C6H13NO12S3. The molecule has 1 aliphatic rings. The third kappa shape index (κ3) is 7.33. The number of hydrogen-bond donors (Lipinski definition) is 5. The Bertz CT molecular complexity index is 600. The first-order valence-corrected chi connectivity index (χ1v) is 9.19. The van der Waals surface area contributed by atoms with Crippen molar-refractivity contribution >= 4 is 32.1 Å². The first-order valence-electron chi connectivity index (χ1n) is 5.35. The van der Waals surface area contributed by atoms with Crippen LogP contribution in [-0.4, -0.2) is 71.0 Å². The molecule has 1 fully saturated rings. The Balaban J connectivity index is 2.84. The zero-order valence-electron chi connectivity index (χ0n) is 10.5. The van der Waals surface area contributed by atoms with Crippen LogP contribution in [0.3, 0.4) is 0 Å². The van der Waals surface area contributed by atoms with Crippen molar-refractivity contribution in [3.63, 3.8) is 0 Å². The first kappa shape index (κ1) is 19.8. The third-order valence-corrected chi connectivity index (χ3v) is 3.82. The summed E-state index contributed by atoms with van der Waals surface area (Å²) in [6, 6.07) is -1.53. The Hall–Kier alpha value is -0.270. The fraction of sp³-hybridized carbons (Fsp3) is 1.00. The van der Waals surface area contributed by atoms with Crippen molar-refractivity contribution in [2.75, 3.05) is 6.61 Å². The molecule has 16 heteroatoms. The van der Waals surface area contributed by atoms with E-state index in [2.05, 4.69) is 8.37 Å². The zero-order chi connectivity index (χ0) is 17.1. The highest BCUT2D eigenvalue weighted by Gasteiger charge is 2.42. The lowest BCUT2D eigenvalue weighted by Gasteiger charge is -2.37. The SMILES string of the molecule is O=S(O)NC1C(O)OC(COS(=O)(=O)O)C[C@H]1OS(=O)(=O)O. The summed E-state index contributed by atoms with van der Waals surface area (Å²) in [5.41, 5.74) is 0. The van der Waals surface area contributed by atoms with Crippen LogP contribution in [0.1, 0.15) is 6.42 Å². The fourth-order valence-electron chi connectivity index (χ4n) is 1.70. The van der Waals surface area contributed by atoms with Gasteiger partial charge in [0.1, 0.15) is 12.1 Å². The highest BCUT2D eigenvalue weighted by Crippen LogP contribution is 2.23. The molecule has 0 saturated carbocycles. The van der Waals surface area contributed by atoms with Gasteiger partial charge in [0.2, 0.25) is 11.3 Å². The number of hydrogen-bond acceptors (Lipinski definition) is 9. The summed E-state index contributed by atoms with van der Waals surface area (Å²) in [6.07, 6.45) is -5.19. The van der Waals surface area contributed by atoms with Crippen LogP contribution in [0.5, 0.6) is 0 Å². The fourth-order valence-corrected chi connectivity index (χ4v) is 3.04. The van der Waals surface area contributed by atoms with Crippen LogP contribution in [-0.2, 0) is 45.2 Å². The molecule has 0 bridgehead atoms. The first-order chi connectivity index (χ1) is 9.87. The Morgan fingerprint density at radius 2 is 1.82 bits per heavy atom. The molecule has 0 radical (unpaired) electrons. The number of ether oxygens (including phenoxy) is 1. The second-order valence-corrected chi connectivity index (χ2v) is 6.92. The van der Waals surface area contributed by atoms with E-state index in [9.17, 15) is 26.2 Å². The topological polar surface area (TPSA) is 206 Å². The zero-order valence-corrected chi connectivity index (χ0v) is 13.0. The van der Waals surface area contributed by atoms with Gasteiger partial charge in [-0.15, -0.1) is 0 Å². The van der Waals surface area contributed by atoms with E-state index in [1.165, 1.54) is 0 Å². The summed E-state index contributed by atoms with van der Waals surface area (Å²) in [5, 5.41) is 9.63. The standard InChI is InChI=1S/C6H13NO12S3/c8-6-5(7-20(9)10)4(19-22(14,15)16)1-3(18-6)2-17-21(11,12)13/h3-8H,1-2H2,(H,9,10)(H,11,12,13)(H,14,15,16)/t3?,4-,5?,6?/m1/s1. The van der Waals surface area contributed by atoms with Crippen LogP contribution in [0.4, 0.5) is 0 Å². The lowest BCUT2D eigenvalue weighted by atomic mass is 10.0. The van der Waals surface area contributed by atoms with Crippen molar-refractivity contribution < 1.29 is 52.9 Å². The van der Waals surface area contributed by atoms with E-state index in [0.29, 0.717) is 0 Å². The predicted molar refractivity (Wildman–Crippen MR) is 67.1 cm³/mol. The predicted octanol–water partition coefficient (Wildman–Crippen LogP) is -2.80. The molecule has 13 nitrogen and oxygen atoms in total. The van der Waals surface area contributed by atoms with Gasteiger partial charge in [-0.2, -0.15) is 16.8 Å². The van der Waals surface area contributed by atoms with Gasteiger partial charge in [-0.1, -0.05) is 0 Å². The summed E-state index contributed by atoms with van der Waals surface area (Å²) in [4.78, 5) is 0. The van der Waals surface area contributed by atoms with Crippen molar-refractivity contribution in [3.8, 4) is 0 Å². The molecular weight excluding hydrogens is 374 g/mol.